The Kier molecular flexibility index (Phi) is 4.79. The molecule has 1 saturated carbocycles. The van der Waals surface area contributed by atoms with E-state index in [9.17, 15) is 13.2 Å². The van der Waals surface area contributed by atoms with Crippen molar-refractivity contribution >= 4 is 21.6 Å². The fraction of sp³-hybridized carbons (Fsp3) is 0.409. The van der Waals surface area contributed by atoms with Crippen molar-refractivity contribution in [3.05, 3.63) is 58.7 Å². The molecule has 1 amide bonds. The van der Waals surface area contributed by atoms with E-state index in [0.29, 0.717) is 13.0 Å². The van der Waals surface area contributed by atoms with Crippen molar-refractivity contribution < 1.29 is 13.2 Å². The molecule has 2 aromatic rings. The summed E-state index contributed by atoms with van der Waals surface area (Å²) in [4.78, 5) is 14.5. The van der Waals surface area contributed by atoms with Crippen LogP contribution in [0.15, 0.2) is 41.3 Å². The van der Waals surface area contributed by atoms with E-state index in [4.69, 9.17) is 0 Å². The summed E-state index contributed by atoms with van der Waals surface area (Å²) in [5.41, 5.74) is 5.05. The predicted molar refractivity (Wildman–Crippen MR) is 110 cm³/mol. The second-order valence-electron chi connectivity index (χ2n) is 7.99. The van der Waals surface area contributed by atoms with E-state index < -0.39 is 10.0 Å². The van der Waals surface area contributed by atoms with Crippen LogP contribution in [-0.4, -0.2) is 20.9 Å². The molecular formula is C22H26N2O3S. The first kappa shape index (κ1) is 19.2. The number of amides is 1. The number of anilines is 1. The predicted octanol–water partition coefficient (Wildman–Crippen LogP) is 3.64. The first-order chi connectivity index (χ1) is 13.3. The van der Waals surface area contributed by atoms with Crippen molar-refractivity contribution in [2.24, 2.45) is 5.92 Å². The first-order valence-electron chi connectivity index (χ1n) is 9.80. The lowest BCUT2D eigenvalue weighted by Gasteiger charge is -2.18. The second-order valence-corrected chi connectivity index (χ2v) is 9.71. The number of benzene rings is 2. The maximum absolute atomic E-state index is 12.9. The highest BCUT2D eigenvalue weighted by Gasteiger charge is 2.36. The molecule has 0 aromatic heterocycles. The topological polar surface area (TPSA) is 66.5 Å². The normalized spacial score (nSPS) is 17.5. The molecule has 4 rings (SSSR count). The van der Waals surface area contributed by atoms with Crippen molar-refractivity contribution in [2.75, 3.05) is 11.4 Å². The van der Waals surface area contributed by atoms with Crippen LogP contribution in [0.1, 0.15) is 48.1 Å². The van der Waals surface area contributed by atoms with E-state index in [1.807, 2.05) is 43.9 Å². The van der Waals surface area contributed by atoms with E-state index in [-0.39, 0.29) is 22.8 Å². The third-order valence-corrected chi connectivity index (χ3v) is 7.35. The van der Waals surface area contributed by atoms with Gasteiger partial charge in [-0.15, -0.1) is 0 Å². The average molecular weight is 399 g/mol. The van der Waals surface area contributed by atoms with Crippen molar-refractivity contribution in [1.29, 1.82) is 0 Å². The Balaban J connectivity index is 1.54. The van der Waals surface area contributed by atoms with E-state index in [0.717, 1.165) is 35.2 Å². The molecule has 2 aromatic carbocycles. The maximum atomic E-state index is 12.9. The molecular weight excluding hydrogens is 372 g/mol. The van der Waals surface area contributed by atoms with Gasteiger partial charge in [-0.05, 0) is 80.5 Å². The van der Waals surface area contributed by atoms with Crippen molar-refractivity contribution in [2.45, 2.75) is 51.0 Å². The summed E-state index contributed by atoms with van der Waals surface area (Å²) in [5, 5.41) is 0. The van der Waals surface area contributed by atoms with Crippen LogP contribution in [0.3, 0.4) is 0 Å². The SMILES string of the molecule is Cc1ccc([C@H](C)NS(=O)(=O)c2ccc3c(c2)CCN3C(=O)C2CC2)cc1C. The molecule has 1 fully saturated rings. The summed E-state index contributed by atoms with van der Waals surface area (Å²) in [6, 6.07) is 10.8. The van der Waals surface area contributed by atoms with Crippen LogP contribution in [-0.2, 0) is 21.2 Å². The Hall–Kier alpha value is -2.18. The summed E-state index contributed by atoms with van der Waals surface area (Å²) >= 11 is 0. The molecule has 0 bridgehead atoms. The summed E-state index contributed by atoms with van der Waals surface area (Å²) in [5.74, 6) is 0.339. The molecule has 1 aliphatic carbocycles. The van der Waals surface area contributed by atoms with Gasteiger partial charge < -0.3 is 4.90 Å². The molecule has 0 radical (unpaired) electrons. The van der Waals surface area contributed by atoms with Crippen LogP contribution in [0.25, 0.3) is 0 Å². The van der Waals surface area contributed by atoms with Gasteiger partial charge in [-0.2, -0.15) is 0 Å². The summed E-state index contributed by atoms with van der Waals surface area (Å²) < 4.78 is 28.6. The number of nitrogens with one attached hydrogen (secondary N) is 1. The molecule has 0 unspecified atom stereocenters. The van der Waals surface area contributed by atoms with Gasteiger partial charge in [0.05, 0.1) is 4.90 Å². The molecule has 148 valence electrons. The number of hydrogen-bond acceptors (Lipinski definition) is 3. The molecule has 6 heteroatoms. The number of sulfonamides is 1. The van der Waals surface area contributed by atoms with E-state index in [1.54, 1.807) is 18.2 Å². The Morgan fingerprint density at radius 1 is 1.11 bits per heavy atom. The van der Waals surface area contributed by atoms with Crippen LogP contribution in [0.2, 0.25) is 0 Å². The Morgan fingerprint density at radius 3 is 2.54 bits per heavy atom. The van der Waals surface area contributed by atoms with Gasteiger partial charge in [-0.25, -0.2) is 13.1 Å². The highest BCUT2D eigenvalue weighted by molar-refractivity contribution is 7.89. The molecule has 0 spiro atoms. The van der Waals surface area contributed by atoms with E-state index >= 15 is 0 Å². The van der Waals surface area contributed by atoms with Gasteiger partial charge in [-0.1, -0.05) is 18.2 Å². The van der Waals surface area contributed by atoms with Gasteiger partial charge >= 0.3 is 0 Å². The van der Waals surface area contributed by atoms with Gasteiger partial charge in [-0.3, -0.25) is 4.79 Å². The molecule has 2 aliphatic rings. The quantitative estimate of drug-likeness (QED) is 0.836. The zero-order chi connectivity index (χ0) is 20.1. The number of carbonyl (C=O) groups excluding carboxylic acids is 1. The third-order valence-electron chi connectivity index (χ3n) is 5.81. The molecule has 5 nitrogen and oxygen atoms in total. The van der Waals surface area contributed by atoms with Gasteiger partial charge in [0.15, 0.2) is 0 Å². The van der Waals surface area contributed by atoms with E-state index in [1.165, 1.54) is 5.56 Å². The van der Waals surface area contributed by atoms with E-state index in [2.05, 4.69) is 4.72 Å². The molecule has 28 heavy (non-hydrogen) atoms. The van der Waals surface area contributed by atoms with Crippen LogP contribution in [0.5, 0.6) is 0 Å². The van der Waals surface area contributed by atoms with Crippen molar-refractivity contribution in [3.63, 3.8) is 0 Å². The monoisotopic (exact) mass is 398 g/mol. The van der Waals surface area contributed by atoms with Crippen LogP contribution >= 0.6 is 0 Å². The lowest BCUT2D eigenvalue weighted by molar-refractivity contribution is -0.119. The summed E-state index contributed by atoms with van der Waals surface area (Å²) in [6.45, 7) is 6.55. The zero-order valence-corrected chi connectivity index (χ0v) is 17.3. The number of rotatable bonds is 5. The Morgan fingerprint density at radius 2 is 1.86 bits per heavy atom. The minimum atomic E-state index is -3.65. The highest BCUT2D eigenvalue weighted by atomic mass is 32.2. The molecule has 0 saturated heterocycles. The lowest BCUT2D eigenvalue weighted by atomic mass is 10.0. The molecule has 1 aliphatic heterocycles. The largest absolute Gasteiger partial charge is 0.312 e. The number of carbonyl (C=O) groups is 1. The molecule has 1 N–H and O–H groups in total. The fourth-order valence-corrected chi connectivity index (χ4v) is 5.01. The minimum absolute atomic E-state index is 0.162. The number of aryl methyl sites for hydroxylation is 2. The first-order valence-corrected chi connectivity index (χ1v) is 11.3. The molecule has 1 atom stereocenters. The van der Waals surface area contributed by atoms with Gasteiger partial charge in [0.2, 0.25) is 15.9 Å². The van der Waals surface area contributed by atoms with Crippen LogP contribution in [0, 0.1) is 19.8 Å². The number of nitrogens with zero attached hydrogens (tertiary/aromatic N) is 1. The zero-order valence-electron chi connectivity index (χ0n) is 16.5. The van der Waals surface area contributed by atoms with Crippen LogP contribution in [0.4, 0.5) is 5.69 Å². The lowest BCUT2D eigenvalue weighted by Crippen LogP contribution is -2.30. The Bertz CT molecular complexity index is 1040. The van der Waals surface area contributed by atoms with Gasteiger partial charge in [0.1, 0.15) is 0 Å². The van der Waals surface area contributed by atoms with Gasteiger partial charge in [0, 0.05) is 24.2 Å². The smallest absolute Gasteiger partial charge is 0.241 e. The molecule has 1 heterocycles. The van der Waals surface area contributed by atoms with Crippen molar-refractivity contribution in [1.82, 2.24) is 4.72 Å². The maximum Gasteiger partial charge on any atom is 0.241 e. The highest BCUT2D eigenvalue weighted by Crippen LogP contribution is 2.37. The minimum Gasteiger partial charge on any atom is -0.312 e. The fourth-order valence-electron chi connectivity index (χ4n) is 3.73. The van der Waals surface area contributed by atoms with Crippen molar-refractivity contribution in [3.8, 4) is 0 Å². The van der Waals surface area contributed by atoms with Crippen LogP contribution < -0.4 is 9.62 Å². The Labute approximate surface area is 166 Å². The standard InChI is InChI=1S/C22H26N2O3S/c1-14-4-5-18(12-15(14)2)16(3)23-28(26,27)20-8-9-21-19(13-20)10-11-24(21)22(25)17-6-7-17/h4-5,8-9,12-13,16-17,23H,6-7,10-11H2,1-3H3/t16-/m0/s1. The summed E-state index contributed by atoms with van der Waals surface area (Å²) in [6.07, 6.45) is 2.64. The second kappa shape index (κ2) is 7.01. The number of hydrogen-bond donors (Lipinski definition) is 1. The van der Waals surface area contributed by atoms with Gasteiger partial charge in [0.25, 0.3) is 0 Å². The average Bonchev–Trinajstić information content (AvgIpc) is 3.42. The summed E-state index contributed by atoms with van der Waals surface area (Å²) in [7, 11) is -3.65. The third kappa shape index (κ3) is 3.59. The number of fused-ring (bicyclic) bond motifs is 1.